The normalized spacial score (nSPS) is 16.8. The lowest BCUT2D eigenvalue weighted by atomic mass is 9.68. The zero-order valence-corrected chi connectivity index (χ0v) is 19.5. The van der Waals surface area contributed by atoms with Crippen molar-refractivity contribution in [2.45, 2.75) is 78.6 Å². The summed E-state index contributed by atoms with van der Waals surface area (Å²) >= 11 is 0. The van der Waals surface area contributed by atoms with Crippen molar-refractivity contribution in [2.24, 2.45) is 5.41 Å². The highest BCUT2D eigenvalue weighted by Crippen LogP contribution is 2.57. The Bertz CT molecular complexity index is 949. The molecule has 0 aromatic heterocycles. The second kappa shape index (κ2) is 6.46. The van der Waals surface area contributed by atoms with Crippen molar-refractivity contribution < 1.29 is 0 Å². The van der Waals surface area contributed by atoms with E-state index in [-0.39, 0.29) is 16.2 Å². The van der Waals surface area contributed by atoms with Crippen LogP contribution in [0.25, 0.3) is 11.1 Å². The maximum Gasteiger partial charge on any atom is 0.0190 e. The third kappa shape index (κ3) is 3.31. The minimum absolute atomic E-state index is 0.0933. The maximum absolute atomic E-state index is 2.47. The van der Waals surface area contributed by atoms with Crippen molar-refractivity contribution in [3.05, 3.63) is 82.5 Å². The van der Waals surface area contributed by atoms with E-state index in [4.69, 9.17) is 0 Å². The fourth-order valence-corrected chi connectivity index (χ4v) is 5.07. The number of benzene rings is 2. The maximum atomic E-state index is 2.47. The van der Waals surface area contributed by atoms with Crippen LogP contribution in [0.2, 0.25) is 0 Å². The van der Waals surface area contributed by atoms with E-state index in [0.717, 1.165) is 6.42 Å². The van der Waals surface area contributed by atoms with E-state index in [9.17, 15) is 0 Å². The minimum atomic E-state index is 0.0933. The standard InChI is InChI=1S/C29H36/c1-27(2,3)20-13-15-22-24(17-20)25-18-21(28(4,5)6)14-16-23(25)26(22)29(7,8)19-11-9-10-12-19/h9-11,13-18,26H,12H2,1-8H3. The fraction of sp³-hybridized carbons (Fsp3) is 0.448. The number of hydrogen-bond acceptors (Lipinski definition) is 0. The summed E-state index contributed by atoms with van der Waals surface area (Å²) in [5.41, 5.74) is 10.7. The average Bonchev–Trinajstić information content (AvgIpc) is 3.26. The average molecular weight is 385 g/mol. The Balaban J connectivity index is 1.95. The van der Waals surface area contributed by atoms with E-state index < -0.39 is 0 Å². The van der Waals surface area contributed by atoms with Gasteiger partial charge in [0.2, 0.25) is 0 Å². The first kappa shape index (κ1) is 20.2. The molecule has 0 aliphatic heterocycles. The minimum Gasteiger partial charge on any atom is -0.0804 e. The van der Waals surface area contributed by atoms with Crippen LogP contribution in [-0.2, 0) is 10.8 Å². The Morgan fingerprint density at radius 2 is 1.17 bits per heavy atom. The molecule has 2 aliphatic rings. The second-order valence-corrected chi connectivity index (χ2v) is 11.6. The first-order chi connectivity index (χ1) is 13.4. The molecule has 0 fully saturated rings. The third-order valence-corrected chi connectivity index (χ3v) is 7.07. The van der Waals surface area contributed by atoms with Gasteiger partial charge in [-0.1, -0.05) is 116 Å². The van der Waals surface area contributed by atoms with Gasteiger partial charge < -0.3 is 0 Å². The smallest absolute Gasteiger partial charge is 0.0190 e. The summed E-state index contributed by atoms with van der Waals surface area (Å²) < 4.78 is 0. The molecule has 0 heteroatoms. The van der Waals surface area contributed by atoms with Crippen LogP contribution in [0.4, 0.5) is 0 Å². The van der Waals surface area contributed by atoms with Gasteiger partial charge >= 0.3 is 0 Å². The van der Waals surface area contributed by atoms with Crippen LogP contribution in [0.1, 0.15) is 90.0 Å². The number of hydrogen-bond donors (Lipinski definition) is 0. The number of fused-ring (bicyclic) bond motifs is 3. The van der Waals surface area contributed by atoms with Crippen LogP contribution in [0.5, 0.6) is 0 Å². The van der Waals surface area contributed by atoms with Gasteiger partial charge in [0, 0.05) is 5.92 Å². The molecule has 4 rings (SSSR count). The number of allylic oxidation sites excluding steroid dienone is 4. The largest absolute Gasteiger partial charge is 0.0804 e. The van der Waals surface area contributed by atoms with Gasteiger partial charge in [0.1, 0.15) is 0 Å². The first-order valence-electron chi connectivity index (χ1n) is 11.1. The van der Waals surface area contributed by atoms with E-state index in [2.05, 4.69) is 110 Å². The third-order valence-electron chi connectivity index (χ3n) is 7.07. The van der Waals surface area contributed by atoms with Crippen LogP contribution in [0, 0.1) is 5.41 Å². The summed E-state index contributed by atoms with van der Waals surface area (Å²) in [5.74, 6) is 0.404. The summed E-state index contributed by atoms with van der Waals surface area (Å²) in [7, 11) is 0. The molecule has 0 saturated heterocycles. The van der Waals surface area contributed by atoms with Crippen LogP contribution in [-0.4, -0.2) is 0 Å². The Labute approximate surface area is 177 Å². The molecule has 0 spiro atoms. The predicted molar refractivity (Wildman–Crippen MR) is 127 cm³/mol. The molecule has 0 saturated carbocycles. The van der Waals surface area contributed by atoms with Crippen molar-refractivity contribution in [1.29, 1.82) is 0 Å². The molecule has 0 nitrogen and oxygen atoms in total. The molecule has 2 aliphatic carbocycles. The van der Waals surface area contributed by atoms with Crippen molar-refractivity contribution >= 4 is 0 Å². The van der Waals surface area contributed by atoms with Crippen molar-refractivity contribution in [3.63, 3.8) is 0 Å². The molecule has 152 valence electrons. The Morgan fingerprint density at radius 3 is 1.55 bits per heavy atom. The van der Waals surface area contributed by atoms with E-state index >= 15 is 0 Å². The molecule has 0 N–H and O–H groups in total. The van der Waals surface area contributed by atoms with Gasteiger partial charge in [-0.2, -0.15) is 0 Å². The molecular weight excluding hydrogens is 348 g/mol. The lowest BCUT2D eigenvalue weighted by Crippen LogP contribution is -2.24. The molecule has 2 aromatic rings. The van der Waals surface area contributed by atoms with E-state index in [0.29, 0.717) is 5.92 Å². The van der Waals surface area contributed by atoms with E-state index in [1.807, 2.05) is 0 Å². The van der Waals surface area contributed by atoms with Gasteiger partial charge in [-0.25, -0.2) is 0 Å². The lowest BCUT2D eigenvalue weighted by molar-refractivity contribution is 0.388. The fourth-order valence-electron chi connectivity index (χ4n) is 5.07. The summed E-state index contributed by atoms with van der Waals surface area (Å²) in [6, 6.07) is 14.5. The van der Waals surface area contributed by atoms with Crippen molar-refractivity contribution in [3.8, 4) is 11.1 Å². The van der Waals surface area contributed by atoms with Crippen molar-refractivity contribution in [2.75, 3.05) is 0 Å². The lowest BCUT2D eigenvalue weighted by Gasteiger charge is -2.35. The van der Waals surface area contributed by atoms with Crippen LogP contribution < -0.4 is 0 Å². The van der Waals surface area contributed by atoms with Crippen molar-refractivity contribution in [1.82, 2.24) is 0 Å². The van der Waals surface area contributed by atoms with Crippen LogP contribution in [0.3, 0.4) is 0 Å². The van der Waals surface area contributed by atoms with Gasteiger partial charge in [-0.05, 0) is 56.0 Å². The zero-order chi connectivity index (χ0) is 21.2. The van der Waals surface area contributed by atoms with Gasteiger partial charge in [0.05, 0.1) is 0 Å². The summed E-state index contributed by atoms with van der Waals surface area (Å²) in [5, 5.41) is 0. The van der Waals surface area contributed by atoms with E-state index in [1.54, 1.807) is 5.57 Å². The SMILES string of the molecule is CC(C)(C)c1ccc2c(c1)-c1cc(C(C)(C)C)ccc1C2C(C)(C)C1=CC=CC1. The summed E-state index contributed by atoms with van der Waals surface area (Å²) in [6.45, 7) is 18.7. The molecule has 0 bridgehead atoms. The van der Waals surface area contributed by atoms with Crippen LogP contribution in [0.15, 0.2) is 60.2 Å². The highest BCUT2D eigenvalue weighted by Gasteiger charge is 2.42. The molecule has 0 heterocycles. The molecule has 0 radical (unpaired) electrons. The van der Waals surface area contributed by atoms with Crippen LogP contribution >= 0.6 is 0 Å². The monoisotopic (exact) mass is 384 g/mol. The molecular formula is C29H36. The summed E-state index contributed by atoms with van der Waals surface area (Å²) in [4.78, 5) is 0. The zero-order valence-electron chi connectivity index (χ0n) is 19.5. The predicted octanol–water partition coefficient (Wildman–Crippen LogP) is 8.31. The molecule has 2 aromatic carbocycles. The molecule has 29 heavy (non-hydrogen) atoms. The first-order valence-corrected chi connectivity index (χ1v) is 11.1. The highest BCUT2D eigenvalue weighted by atomic mass is 14.4. The van der Waals surface area contributed by atoms with Gasteiger partial charge in [0.15, 0.2) is 0 Å². The quantitative estimate of drug-likeness (QED) is 0.488. The topological polar surface area (TPSA) is 0 Å². The second-order valence-electron chi connectivity index (χ2n) is 11.6. The van der Waals surface area contributed by atoms with E-state index in [1.165, 1.54) is 33.4 Å². The Morgan fingerprint density at radius 1 is 0.690 bits per heavy atom. The Kier molecular flexibility index (Phi) is 4.50. The van der Waals surface area contributed by atoms with Gasteiger partial charge in [-0.3, -0.25) is 0 Å². The highest BCUT2D eigenvalue weighted by molar-refractivity contribution is 5.81. The summed E-state index contributed by atoms with van der Waals surface area (Å²) in [6.07, 6.45) is 7.93. The number of rotatable bonds is 2. The molecule has 0 atom stereocenters. The van der Waals surface area contributed by atoms with Gasteiger partial charge in [0.25, 0.3) is 0 Å². The molecule has 0 unspecified atom stereocenters. The van der Waals surface area contributed by atoms with Gasteiger partial charge in [-0.15, -0.1) is 0 Å². The Hall–Kier alpha value is -2.08. The molecule has 0 amide bonds.